The second-order valence-corrected chi connectivity index (χ2v) is 10.7. The van der Waals surface area contributed by atoms with Crippen molar-refractivity contribution < 1.29 is 28.9 Å². The molecule has 208 valence electrons. The third-order valence-electron chi connectivity index (χ3n) is 6.95. The van der Waals surface area contributed by atoms with Crippen molar-refractivity contribution in [3.8, 4) is 11.5 Å². The van der Waals surface area contributed by atoms with Gasteiger partial charge in [-0.1, -0.05) is 13.8 Å². The largest absolute Gasteiger partial charge is 0.497 e. The number of hydrogen-bond donors (Lipinski definition) is 3. The van der Waals surface area contributed by atoms with Crippen LogP contribution in [-0.4, -0.2) is 81.0 Å². The van der Waals surface area contributed by atoms with Crippen LogP contribution in [0.4, 0.5) is 0 Å². The van der Waals surface area contributed by atoms with Gasteiger partial charge in [-0.2, -0.15) is 0 Å². The number of rotatable bonds is 15. The summed E-state index contributed by atoms with van der Waals surface area (Å²) in [6.07, 6.45) is 4.00. The van der Waals surface area contributed by atoms with Crippen molar-refractivity contribution in [1.29, 1.82) is 0 Å². The van der Waals surface area contributed by atoms with Crippen LogP contribution in [0.25, 0.3) is 0 Å². The Morgan fingerprint density at radius 2 is 1.84 bits per heavy atom. The number of piperidine rings is 1. The number of nitrogens with one attached hydrogen (secondary N) is 2. The summed E-state index contributed by atoms with van der Waals surface area (Å²) in [7, 11) is 3.29. The molecule has 1 heterocycles. The van der Waals surface area contributed by atoms with E-state index in [4.69, 9.17) is 14.2 Å². The van der Waals surface area contributed by atoms with Gasteiger partial charge in [0.2, 0.25) is 11.8 Å². The van der Waals surface area contributed by atoms with E-state index in [1.54, 1.807) is 14.2 Å². The molecule has 3 rings (SSSR count). The van der Waals surface area contributed by atoms with E-state index in [0.29, 0.717) is 56.7 Å². The van der Waals surface area contributed by atoms with Gasteiger partial charge in [-0.15, -0.1) is 0 Å². The number of amides is 2. The second kappa shape index (κ2) is 14.5. The highest BCUT2D eigenvalue weighted by Gasteiger charge is 2.39. The summed E-state index contributed by atoms with van der Waals surface area (Å²) in [6.45, 7) is 6.80. The summed E-state index contributed by atoms with van der Waals surface area (Å²) < 4.78 is 16.5. The molecule has 1 aromatic rings. The topological polar surface area (TPSA) is 109 Å². The molecule has 1 aliphatic carbocycles. The highest BCUT2D eigenvalue weighted by atomic mass is 16.5. The Hall–Kier alpha value is -2.36. The van der Waals surface area contributed by atoms with Gasteiger partial charge < -0.3 is 34.9 Å². The minimum absolute atomic E-state index is 0.0822. The van der Waals surface area contributed by atoms with Gasteiger partial charge in [-0.25, -0.2) is 0 Å². The van der Waals surface area contributed by atoms with E-state index >= 15 is 0 Å². The number of carbonyl (C=O) groups excluding carboxylic acids is 2. The molecule has 1 aromatic carbocycles. The molecule has 2 amide bonds. The highest BCUT2D eigenvalue weighted by molar-refractivity contribution is 5.83. The molecule has 1 saturated carbocycles. The van der Waals surface area contributed by atoms with Crippen LogP contribution in [0.2, 0.25) is 0 Å². The highest BCUT2D eigenvalue weighted by Crippen LogP contribution is 2.33. The first-order valence-corrected chi connectivity index (χ1v) is 13.6. The van der Waals surface area contributed by atoms with Crippen LogP contribution < -0.4 is 20.1 Å². The molecule has 1 saturated heterocycles. The first-order chi connectivity index (χ1) is 17.8. The predicted molar refractivity (Wildman–Crippen MR) is 141 cm³/mol. The normalized spacial score (nSPS) is 20.4. The van der Waals surface area contributed by atoms with E-state index in [9.17, 15) is 14.7 Å². The molecule has 1 aliphatic heterocycles. The molecular weight excluding hydrogens is 474 g/mol. The summed E-state index contributed by atoms with van der Waals surface area (Å²) >= 11 is 0. The zero-order valence-corrected chi connectivity index (χ0v) is 22.8. The SMILES string of the molecule is COCCCOc1cc(CN(C(=O)[C@H]2CNC[C@@H](C(=O)NC(CO)CC(C)C)C2)C2CC2)cc(OC)c1. The van der Waals surface area contributed by atoms with Crippen molar-refractivity contribution in [3.63, 3.8) is 0 Å². The Morgan fingerprint density at radius 1 is 1.11 bits per heavy atom. The van der Waals surface area contributed by atoms with E-state index in [2.05, 4.69) is 24.5 Å². The van der Waals surface area contributed by atoms with Crippen LogP contribution in [0.15, 0.2) is 18.2 Å². The molecule has 9 heteroatoms. The smallest absolute Gasteiger partial charge is 0.227 e. The summed E-state index contributed by atoms with van der Waals surface area (Å²) in [5.41, 5.74) is 0.957. The number of aliphatic hydroxyl groups is 1. The van der Waals surface area contributed by atoms with Crippen LogP contribution in [-0.2, 0) is 20.9 Å². The maximum atomic E-state index is 13.7. The Balaban J connectivity index is 1.65. The zero-order chi connectivity index (χ0) is 26.8. The van der Waals surface area contributed by atoms with Gasteiger partial charge in [0.05, 0.1) is 38.2 Å². The van der Waals surface area contributed by atoms with Crippen molar-refractivity contribution in [2.45, 2.75) is 64.6 Å². The summed E-state index contributed by atoms with van der Waals surface area (Å²) in [4.78, 5) is 28.6. The average Bonchev–Trinajstić information content (AvgIpc) is 3.74. The van der Waals surface area contributed by atoms with Crippen molar-refractivity contribution in [1.82, 2.24) is 15.5 Å². The van der Waals surface area contributed by atoms with Crippen molar-refractivity contribution in [2.75, 3.05) is 47.1 Å². The second-order valence-electron chi connectivity index (χ2n) is 10.7. The lowest BCUT2D eigenvalue weighted by Gasteiger charge is -2.33. The number of carbonyl (C=O) groups is 2. The fourth-order valence-corrected chi connectivity index (χ4v) is 4.92. The van der Waals surface area contributed by atoms with E-state index in [0.717, 1.165) is 31.2 Å². The summed E-state index contributed by atoms with van der Waals surface area (Å²) in [5, 5.41) is 15.9. The van der Waals surface area contributed by atoms with Crippen LogP contribution in [0.1, 0.15) is 51.5 Å². The lowest BCUT2D eigenvalue weighted by Crippen LogP contribution is -2.51. The molecule has 37 heavy (non-hydrogen) atoms. The average molecular weight is 520 g/mol. The standard InChI is InChI=1S/C28H45N3O6/c1-19(2)10-23(18-32)30-27(33)21-13-22(16-29-15-21)28(34)31(24-6-7-24)17-20-11-25(36-4)14-26(12-20)37-9-5-8-35-3/h11-12,14,19,21-24,29,32H,5-10,13,15-18H2,1-4H3,(H,30,33)/t21-,22+,23?/m0/s1. The van der Waals surface area contributed by atoms with Crippen LogP contribution in [0.5, 0.6) is 11.5 Å². The third kappa shape index (κ3) is 9.16. The summed E-state index contributed by atoms with van der Waals surface area (Å²) in [6, 6.07) is 5.74. The maximum Gasteiger partial charge on any atom is 0.227 e. The minimum atomic E-state index is -0.297. The molecule has 0 spiro atoms. The fourth-order valence-electron chi connectivity index (χ4n) is 4.92. The Labute approximate surface area is 221 Å². The van der Waals surface area contributed by atoms with Crippen LogP contribution in [0.3, 0.4) is 0 Å². The Kier molecular flexibility index (Phi) is 11.5. The zero-order valence-electron chi connectivity index (χ0n) is 22.8. The Bertz CT molecular complexity index is 875. The maximum absolute atomic E-state index is 13.7. The van der Waals surface area contributed by atoms with E-state index in [1.807, 2.05) is 23.1 Å². The molecule has 9 nitrogen and oxygen atoms in total. The third-order valence-corrected chi connectivity index (χ3v) is 6.95. The van der Waals surface area contributed by atoms with Gasteiger partial charge in [-0.05, 0) is 49.3 Å². The lowest BCUT2D eigenvalue weighted by molar-refractivity contribution is -0.139. The molecule has 2 aliphatic rings. The Morgan fingerprint density at radius 3 is 2.49 bits per heavy atom. The molecule has 0 bridgehead atoms. The number of benzene rings is 1. The van der Waals surface area contributed by atoms with Gasteiger partial charge in [0.25, 0.3) is 0 Å². The van der Waals surface area contributed by atoms with E-state index in [-0.39, 0.29) is 42.3 Å². The number of nitrogens with zero attached hydrogens (tertiary/aromatic N) is 1. The molecular formula is C28H45N3O6. The quantitative estimate of drug-likeness (QED) is 0.305. The van der Waals surface area contributed by atoms with Gasteiger partial charge in [0.15, 0.2) is 0 Å². The number of hydrogen-bond acceptors (Lipinski definition) is 7. The van der Waals surface area contributed by atoms with Gasteiger partial charge in [-0.3, -0.25) is 9.59 Å². The number of aliphatic hydroxyl groups excluding tert-OH is 1. The molecule has 3 N–H and O–H groups in total. The van der Waals surface area contributed by atoms with Gasteiger partial charge >= 0.3 is 0 Å². The van der Waals surface area contributed by atoms with E-state index in [1.165, 1.54) is 0 Å². The fraction of sp³-hybridized carbons (Fsp3) is 0.714. The molecule has 2 fully saturated rings. The first-order valence-electron chi connectivity index (χ1n) is 13.6. The molecule has 3 atom stereocenters. The van der Waals surface area contributed by atoms with Crippen molar-refractivity contribution >= 4 is 11.8 Å². The van der Waals surface area contributed by atoms with Crippen molar-refractivity contribution in [3.05, 3.63) is 23.8 Å². The minimum Gasteiger partial charge on any atom is -0.497 e. The molecule has 1 unspecified atom stereocenters. The monoisotopic (exact) mass is 519 g/mol. The number of methoxy groups -OCH3 is 2. The predicted octanol–water partition coefficient (Wildman–Crippen LogP) is 2.35. The van der Waals surface area contributed by atoms with E-state index < -0.39 is 0 Å². The van der Waals surface area contributed by atoms with Crippen molar-refractivity contribution in [2.24, 2.45) is 17.8 Å². The van der Waals surface area contributed by atoms with Crippen LogP contribution in [0, 0.1) is 17.8 Å². The molecule has 0 aromatic heterocycles. The lowest BCUT2D eigenvalue weighted by atomic mass is 9.88. The number of ether oxygens (including phenoxy) is 3. The van der Waals surface area contributed by atoms with Crippen LogP contribution >= 0.6 is 0 Å². The van der Waals surface area contributed by atoms with Gasteiger partial charge in [0, 0.05) is 51.9 Å². The van der Waals surface area contributed by atoms with Gasteiger partial charge in [0.1, 0.15) is 11.5 Å². The first kappa shape index (κ1) is 29.2. The summed E-state index contributed by atoms with van der Waals surface area (Å²) in [5.74, 6) is 1.20. The molecule has 0 radical (unpaired) electrons.